The van der Waals surface area contributed by atoms with Crippen molar-refractivity contribution >= 4 is 0 Å². The predicted octanol–water partition coefficient (Wildman–Crippen LogP) is 4.18. The Morgan fingerprint density at radius 2 is 1.38 bits per heavy atom. The van der Waals surface area contributed by atoms with Crippen LogP contribution in [0.5, 0.6) is 5.75 Å². The molecule has 0 fully saturated rings. The molecule has 0 radical (unpaired) electrons. The molecule has 2 heteroatoms. The van der Waals surface area contributed by atoms with Crippen molar-refractivity contribution < 1.29 is 10.1 Å². The Balaban J connectivity index is 1.62. The van der Waals surface area contributed by atoms with E-state index in [4.69, 9.17) is 4.74 Å². The smallest absolute Gasteiger partial charge is 0.118 e. The molecule has 0 bridgehead atoms. The average molecular weight is 346 g/mol. The van der Waals surface area contributed by atoms with E-state index >= 15 is 0 Å². The summed E-state index contributed by atoms with van der Waals surface area (Å²) in [6, 6.07) is 30.0. The highest BCUT2D eigenvalue weighted by molar-refractivity contribution is 5.31. The quantitative estimate of drug-likeness (QED) is 0.578. The van der Waals surface area contributed by atoms with Crippen molar-refractivity contribution in [3.05, 3.63) is 102 Å². The minimum Gasteiger partial charge on any atom is -0.497 e. The van der Waals surface area contributed by atoms with Crippen LogP contribution in [-0.4, -0.2) is 13.7 Å². The van der Waals surface area contributed by atoms with Gasteiger partial charge in [0.2, 0.25) is 0 Å². The molecule has 0 aliphatic heterocycles. The van der Waals surface area contributed by atoms with Gasteiger partial charge in [-0.3, -0.25) is 0 Å². The van der Waals surface area contributed by atoms with Crippen molar-refractivity contribution in [3.63, 3.8) is 0 Å². The fraction of sp³-hybridized carbons (Fsp3) is 0.250. The summed E-state index contributed by atoms with van der Waals surface area (Å²) in [5.41, 5.74) is 4.18. The third kappa shape index (κ3) is 5.47. The minimum atomic E-state index is 0.523. The lowest BCUT2D eigenvalue weighted by Gasteiger charge is -2.17. The molecule has 0 amide bonds. The lowest BCUT2D eigenvalue weighted by Crippen LogP contribution is -2.82. The average Bonchev–Trinajstić information content (AvgIpc) is 2.72. The Morgan fingerprint density at radius 3 is 2.00 bits per heavy atom. The summed E-state index contributed by atoms with van der Waals surface area (Å²) in [6.07, 6.45) is 2.24. The van der Waals surface area contributed by atoms with E-state index in [-0.39, 0.29) is 0 Å². The fourth-order valence-electron chi connectivity index (χ4n) is 3.36. The number of quaternary nitrogens is 1. The van der Waals surface area contributed by atoms with Crippen LogP contribution < -0.4 is 10.1 Å². The van der Waals surface area contributed by atoms with Crippen LogP contribution in [0.25, 0.3) is 0 Å². The SMILES string of the molecule is COc1ccc([C@@H](CC[NH2+]Cc2ccccc2)Cc2ccccc2)cc1. The zero-order valence-corrected chi connectivity index (χ0v) is 15.5. The van der Waals surface area contributed by atoms with Gasteiger partial charge in [-0.05, 0) is 35.6 Å². The molecule has 0 unspecified atom stereocenters. The van der Waals surface area contributed by atoms with Gasteiger partial charge in [0.25, 0.3) is 0 Å². The monoisotopic (exact) mass is 346 g/mol. The number of ether oxygens (including phenoxy) is 1. The van der Waals surface area contributed by atoms with Crippen molar-refractivity contribution in [1.29, 1.82) is 0 Å². The van der Waals surface area contributed by atoms with Gasteiger partial charge in [0.05, 0.1) is 13.7 Å². The largest absolute Gasteiger partial charge is 0.497 e. The molecule has 2 N–H and O–H groups in total. The van der Waals surface area contributed by atoms with Gasteiger partial charge in [-0.15, -0.1) is 0 Å². The molecular formula is C24H28NO+. The summed E-state index contributed by atoms with van der Waals surface area (Å²) in [7, 11) is 1.72. The highest BCUT2D eigenvalue weighted by atomic mass is 16.5. The Labute approximate surface area is 156 Å². The van der Waals surface area contributed by atoms with Gasteiger partial charge >= 0.3 is 0 Å². The number of nitrogens with two attached hydrogens (primary N) is 1. The first-order chi connectivity index (χ1) is 12.8. The summed E-state index contributed by atoms with van der Waals surface area (Å²) in [5.74, 6) is 1.44. The molecule has 0 aromatic heterocycles. The number of hydrogen-bond acceptors (Lipinski definition) is 1. The van der Waals surface area contributed by atoms with Crippen LogP contribution in [0.1, 0.15) is 29.0 Å². The van der Waals surface area contributed by atoms with E-state index in [0.717, 1.165) is 31.7 Å². The van der Waals surface area contributed by atoms with Crippen LogP contribution in [0.15, 0.2) is 84.9 Å². The van der Waals surface area contributed by atoms with Crippen LogP contribution in [0.3, 0.4) is 0 Å². The molecule has 0 spiro atoms. The van der Waals surface area contributed by atoms with Gasteiger partial charge in [0.1, 0.15) is 12.3 Å². The zero-order chi connectivity index (χ0) is 18.0. The Kier molecular flexibility index (Phi) is 6.86. The fourth-order valence-corrected chi connectivity index (χ4v) is 3.36. The molecule has 3 aromatic rings. The highest BCUT2D eigenvalue weighted by Crippen LogP contribution is 2.25. The van der Waals surface area contributed by atoms with E-state index in [1.54, 1.807) is 7.11 Å². The van der Waals surface area contributed by atoms with Crippen molar-refractivity contribution in [2.75, 3.05) is 13.7 Å². The maximum Gasteiger partial charge on any atom is 0.118 e. The second-order valence-corrected chi connectivity index (χ2v) is 6.72. The van der Waals surface area contributed by atoms with Crippen LogP contribution >= 0.6 is 0 Å². The van der Waals surface area contributed by atoms with Gasteiger partial charge in [0, 0.05) is 12.0 Å². The molecule has 134 valence electrons. The van der Waals surface area contributed by atoms with Crippen LogP contribution in [0, 0.1) is 0 Å². The topological polar surface area (TPSA) is 25.8 Å². The maximum atomic E-state index is 5.31. The first-order valence-electron chi connectivity index (χ1n) is 9.38. The Hall–Kier alpha value is -2.58. The van der Waals surface area contributed by atoms with Gasteiger partial charge in [-0.2, -0.15) is 0 Å². The molecule has 3 rings (SSSR count). The van der Waals surface area contributed by atoms with Gasteiger partial charge in [-0.1, -0.05) is 72.8 Å². The van der Waals surface area contributed by atoms with Crippen LogP contribution in [0.4, 0.5) is 0 Å². The first-order valence-corrected chi connectivity index (χ1v) is 9.38. The predicted molar refractivity (Wildman–Crippen MR) is 107 cm³/mol. The second kappa shape index (κ2) is 9.79. The Bertz CT molecular complexity index is 753. The minimum absolute atomic E-state index is 0.523. The number of rotatable bonds is 9. The molecular weight excluding hydrogens is 318 g/mol. The normalized spacial score (nSPS) is 11.9. The van der Waals surface area contributed by atoms with E-state index in [2.05, 4.69) is 90.2 Å². The number of hydrogen-bond donors (Lipinski definition) is 1. The van der Waals surface area contributed by atoms with E-state index in [9.17, 15) is 0 Å². The van der Waals surface area contributed by atoms with E-state index in [1.807, 2.05) is 0 Å². The van der Waals surface area contributed by atoms with E-state index < -0.39 is 0 Å². The first kappa shape index (κ1) is 18.2. The summed E-state index contributed by atoms with van der Waals surface area (Å²) >= 11 is 0. The highest BCUT2D eigenvalue weighted by Gasteiger charge is 2.13. The molecule has 0 heterocycles. The summed E-state index contributed by atoms with van der Waals surface area (Å²) in [6.45, 7) is 2.17. The third-order valence-corrected chi connectivity index (χ3v) is 4.85. The molecule has 1 atom stereocenters. The van der Waals surface area contributed by atoms with Crippen LogP contribution in [0.2, 0.25) is 0 Å². The number of methoxy groups -OCH3 is 1. The van der Waals surface area contributed by atoms with Gasteiger partial charge in [0.15, 0.2) is 0 Å². The molecule has 26 heavy (non-hydrogen) atoms. The molecule has 3 aromatic carbocycles. The molecule has 0 aliphatic carbocycles. The molecule has 0 saturated carbocycles. The van der Waals surface area contributed by atoms with Crippen molar-refractivity contribution in [3.8, 4) is 5.75 Å². The van der Waals surface area contributed by atoms with Crippen molar-refractivity contribution in [2.24, 2.45) is 0 Å². The summed E-state index contributed by atoms with van der Waals surface area (Å²) in [5, 5.41) is 2.41. The molecule has 0 aliphatic rings. The zero-order valence-electron chi connectivity index (χ0n) is 15.5. The third-order valence-electron chi connectivity index (χ3n) is 4.85. The number of benzene rings is 3. The van der Waals surface area contributed by atoms with Crippen molar-refractivity contribution in [2.45, 2.75) is 25.3 Å². The van der Waals surface area contributed by atoms with E-state index in [0.29, 0.717) is 5.92 Å². The Morgan fingerprint density at radius 1 is 0.769 bits per heavy atom. The van der Waals surface area contributed by atoms with Gasteiger partial charge < -0.3 is 10.1 Å². The molecule has 2 nitrogen and oxygen atoms in total. The van der Waals surface area contributed by atoms with Crippen molar-refractivity contribution in [1.82, 2.24) is 0 Å². The second-order valence-electron chi connectivity index (χ2n) is 6.72. The lowest BCUT2D eigenvalue weighted by molar-refractivity contribution is -0.671. The summed E-state index contributed by atoms with van der Waals surface area (Å²) < 4.78 is 5.31. The molecule has 0 saturated heterocycles. The van der Waals surface area contributed by atoms with Gasteiger partial charge in [-0.25, -0.2) is 0 Å². The maximum absolute atomic E-state index is 5.31. The van der Waals surface area contributed by atoms with Crippen LogP contribution in [-0.2, 0) is 13.0 Å². The van der Waals surface area contributed by atoms with E-state index in [1.165, 1.54) is 16.7 Å². The standard InChI is InChI=1S/C24H27NO/c1-26-24-14-12-22(13-15-24)23(18-20-8-4-2-5-9-20)16-17-25-19-21-10-6-3-7-11-21/h2-15,23,25H,16-19H2,1H3/p+1/t23-/m0/s1. The summed E-state index contributed by atoms with van der Waals surface area (Å²) in [4.78, 5) is 0. The lowest BCUT2D eigenvalue weighted by atomic mass is 9.89.